The highest BCUT2D eigenvalue weighted by atomic mass is 16.5. The molecule has 8 nitrogen and oxygen atoms in total. The number of carboxylic acids is 1. The molecule has 0 bridgehead atoms. The number of hydrogen-bond donors (Lipinski definition) is 5. The molecule has 0 saturated heterocycles. The molecule has 0 aromatic heterocycles. The molecule has 6 N–H and O–H groups in total. The van der Waals surface area contributed by atoms with Crippen molar-refractivity contribution in [2.45, 2.75) is 37.5 Å². The Bertz CT molecular complexity index is 445. The van der Waals surface area contributed by atoms with Gasteiger partial charge in [-0.25, -0.2) is 4.79 Å². The first-order chi connectivity index (χ1) is 9.24. The number of hydrogen-bond acceptors (Lipinski definition) is 7. The Labute approximate surface area is 116 Å². The van der Waals surface area contributed by atoms with Gasteiger partial charge in [0.25, 0.3) is 0 Å². The number of allylic oxidation sites excluding steroid dienone is 1. The first kappa shape index (κ1) is 16.4. The molecule has 0 aromatic carbocycles. The molecule has 114 valence electrons. The molecular weight excluding hydrogens is 268 g/mol. The number of carbonyl (C=O) groups is 1. The number of aliphatic carboxylic acids is 1. The third-order valence-electron chi connectivity index (χ3n) is 3.07. The number of rotatable bonds is 5. The molecule has 8 heteroatoms. The van der Waals surface area contributed by atoms with E-state index in [1.807, 2.05) is 0 Å². The number of aliphatic hydroxyl groups excluding tert-OH is 2. The Hall–Kier alpha value is -1.64. The van der Waals surface area contributed by atoms with E-state index in [4.69, 9.17) is 15.6 Å². The summed E-state index contributed by atoms with van der Waals surface area (Å²) in [7, 11) is 1.35. The van der Waals surface area contributed by atoms with Crippen molar-refractivity contribution in [1.82, 2.24) is 0 Å². The Kier molecular flexibility index (Phi) is 5.09. The molecule has 0 aromatic rings. The van der Waals surface area contributed by atoms with Gasteiger partial charge in [0, 0.05) is 12.8 Å². The van der Waals surface area contributed by atoms with Crippen LogP contribution in [0.2, 0.25) is 0 Å². The van der Waals surface area contributed by atoms with Gasteiger partial charge in [0.1, 0.15) is 0 Å². The van der Waals surface area contributed by atoms with E-state index in [-0.39, 0.29) is 30.0 Å². The Morgan fingerprint density at radius 1 is 1.55 bits per heavy atom. The van der Waals surface area contributed by atoms with Gasteiger partial charge in [-0.3, -0.25) is 4.99 Å². The number of nitrogens with two attached hydrogens (primary N) is 1. The molecule has 0 radical (unpaired) electrons. The molecule has 2 unspecified atom stereocenters. The fourth-order valence-corrected chi connectivity index (χ4v) is 2.08. The normalized spacial score (nSPS) is 28.4. The molecule has 3 atom stereocenters. The fraction of sp³-hybridized carbons (Fsp3) is 0.667. The van der Waals surface area contributed by atoms with Gasteiger partial charge in [0.15, 0.2) is 11.8 Å². The van der Waals surface area contributed by atoms with E-state index in [2.05, 4.69) is 4.99 Å². The molecule has 0 amide bonds. The van der Waals surface area contributed by atoms with Crippen LogP contribution in [0.15, 0.2) is 16.4 Å². The van der Waals surface area contributed by atoms with Crippen molar-refractivity contribution in [3.8, 4) is 0 Å². The molecular formula is C12H20N2O6. The highest BCUT2D eigenvalue weighted by Crippen LogP contribution is 2.29. The van der Waals surface area contributed by atoms with Crippen molar-refractivity contribution in [2.75, 3.05) is 13.7 Å². The minimum absolute atomic E-state index is 0.00188. The lowest BCUT2D eigenvalue weighted by atomic mass is 9.85. The van der Waals surface area contributed by atoms with Crippen LogP contribution in [0.3, 0.4) is 0 Å². The molecule has 0 fully saturated rings. The monoisotopic (exact) mass is 288 g/mol. The molecule has 0 saturated carbocycles. The van der Waals surface area contributed by atoms with Crippen LogP contribution >= 0.6 is 0 Å². The number of aliphatic imine (C=N–C) groups is 1. The standard InChI is InChI=1S/C12H20N2O6/c1-6(16)9(11(17)18)14-8-4-12(19,5-15)3-7(13)10(8)20-2/h6,9,15-16,19H,3-5,13H2,1-2H3,(H,17,18)/t6?,9?,12-/m1/s1. The Balaban J connectivity index is 3.24. The highest BCUT2D eigenvalue weighted by Gasteiger charge is 2.37. The average Bonchev–Trinajstić information content (AvgIpc) is 2.34. The highest BCUT2D eigenvalue weighted by molar-refractivity contribution is 6.01. The second-order valence-corrected chi connectivity index (χ2v) is 4.89. The first-order valence-electron chi connectivity index (χ1n) is 6.08. The third kappa shape index (κ3) is 3.47. The first-order valence-corrected chi connectivity index (χ1v) is 6.08. The second-order valence-electron chi connectivity index (χ2n) is 4.89. The summed E-state index contributed by atoms with van der Waals surface area (Å²) in [5.74, 6) is -1.13. The van der Waals surface area contributed by atoms with Crippen LogP contribution < -0.4 is 5.73 Å². The van der Waals surface area contributed by atoms with E-state index < -0.39 is 30.3 Å². The maximum Gasteiger partial charge on any atom is 0.331 e. The minimum Gasteiger partial charge on any atom is -0.493 e. The largest absolute Gasteiger partial charge is 0.493 e. The Morgan fingerprint density at radius 2 is 2.15 bits per heavy atom. The molecule has 1 rings (SSSR count). The number of aliphatic hydroxyl groups is 3. The van der Waals surface area contributed by atoms with Gasteiger partial charge in [0.2, 0.25) is 0 Å². The summed E-state index contributed by atoms with van der Waals surface area (Å²) in [6.07, 6.45) is -1.33. The minimum atomic E-state index is -1.51. The van der Waals surface area contributed by atoms with Crippen molar-refractivity contribution in [3.63, 3.8) is 0 Å². The smallest absolute Gasteiger partial charge is 0.331 e. The number of nitrogens with zero attached hydrogens (tertiary/aromatic N) is 1. The molecule has 20 heavy (non-hydrogen) atoms. The van der Waals surface area contributed by atoms with Gasteiger partial charge in [-0.2, -0.15) is 0 Å². The van der Waals surface area contributed by atoms with Gasteiger partial charge in [-0.15, -0.1) is 0 Å². The summed E-state index contributed by atoms with van der Waals surface area (Å²) >= 11 is 0. The van der Waals surface area contributed by atoms with E-state index >= 15 is 0 Å². The lowest BCUT2D eigenvalue weighted by Crippen LogP contribution is -2.43. The van der Waals surface area contributed by atoms with Gasteiger partial charge < -0.3 is 30.9 Å². The van der Waals surface area contributed by atoms with E-state index in [9.17, 15) is 20.1 Å². The Morgan fingerprint density at radius 3 is 2.55 bits per heavy atom. The van der Waals surface area contributed by atoms with Crippen LogP contribution in [0.4, 0.5) is 0 Å². The van der Waals surface area contributed by atoms with Gasteiger partial charge in [-0.05, 0) is 6.92 Å². The zero-order valence-electron chi connectivity index (χ0n) is 11.4. The second kappa shape index (κ2) is 6.21. The fourth-order valence-electron chi connectivity index (χ4n) is 2.08. The quantitative estimate of drug-likeness (QED) is 0.418. The predicted octanol–water partition coefficient (Wildman–Crippen LogP) is -1.40. The van der Waals surface area contributed by atoms with E-state index in [0.717, 1.165) is 0 Å². The zero-order valence-corrected chi connectivity index (χ0v) is 11.4. The van der Waals surface area contributed by atoms with E-state index in [1.165, 1.54) is 14.0 Å². The van der Waals surface area contributed by atoms with E-state index in [1.54, 1.807) is 0 Å². The van der Waals surface area contributed by atoms with Crippen molar-refractivity contribution in [2.24, 2.45) is 10.7 Å². The zero-order chi connectivity index (χ0) is 15.5. The van der Waals surface area contributed by atoms with Crippen LogP contribution in [0, 0.1) is 0 Å². The maximum atomic E-state index is 11.1. The number of ether oxygens (including phenoxy) is 1. The summed E-state index contributed by atoms with van der Waals surface area (Å²) in [5.41, 5.74) is 4.53. The maximum absolute atomic E-state index is 11.1. The SMILES string of the molecule is COC1=C(N)C[C@](O)(CO)CC1=NC(C(=O)O)C(C)O. The van der Waals surface area contributed by atoms with E-state index in [0.29, 0.717) is 0 Å². The van der Waals surface area contributed by atoms with Crippen LogP contribution in [-0.2, 0) is 9.53 Å². The average molecular weight is 288 g/mol. The molecule has 0 heterocycles. The number of methoxy groups -OCH3 is 1. The van der Waals surface area contributed by atoms with Crippen molar-refractivity contribution >= 4 is 11.7 Å². The topological polar surface area (TPSA) is 146 Å². The summed E-state index contributed by atoms with van der Waals surface area (Å²) in [5, 5.41) is 37.8. The van der Waals surface area contributed by atoms with Crippen molar-refractivity contribution < 1.29 is 30.0 Å². The van der Waals surface area contributed by atoms with Crippen LogP contribution in [-0.4, -0.2) is 63.6 Å². The van der Waals surface area contributed by atoms with Crippen LogP contribution in [0.25, 0.3) is 0 Å². The third-order valence-corrected chi connectivity index (χ3v) is 3.07. The molecule has 0 aliphatic heterocycles. The summed E-state index contributed by atoms with van der Waals surface area (Å²) in [6, 6.07) is -1.40. The summed E-state index contributed by atoms with van der Waals surface area (Å²) in [4.78, 5) is 15.0. The molecule has 0 spiro atoms. The summed E-state index contributed by atoms with van der Waals surface area (Å²) in [6.45, 7) is 0.750. The van der Waals surface area contributed by atoms with Crippen molar-refractivity contribution in [1.29, 1.82) is 0 Å². The van der Waals surface area contributed by atoms with Crippen LogP contribution in [0.5, 0.6) is 0 Å². The van der Waals surface area contributed by atoms with Gasteiger partial charge in [-0.1, -0.05) is 0 Å². The van der Waals surface area contributed by atoms with Crippen LogP contribution in [0.1, 0.15) is 19.8 Å². The lowest BCUT2D eigenvalue weighted by Gasteiger charge is -2.32. The van der Waals surface area contributed by atoms with Crippen molar-refractivity contribution in [3.05, 3.63) is 11.5 Å². The molecule has 1 aliphatic rings. The number of carboxylic acid groups (broad SMARTS) is 1. The predicted molar refractivity (Wildman–Crippen MR) is 70.0 cm³/mol. The van der Waals surface area contributed by atoms with Gasteiger partial charge in [0.05, 0.1) is 36.8 Å². The molecule has 1 aliphatic carbocycles. The summed E-state index contributed by atoms with van der Waals surface area (Å²) < 4.78 is 5.07. The van der Waals surface area contributed by atoms with Gasteiger partial charge >= 0.3 is 5.97 Å². The lowest BCUT2D eigenvalue weighted by molar-refractivity contribution is -0.140.